The van der Waals surface area contributed by atoms with Gasteiger partial charge in [0.1, 0.15) is 0 Å². The Bertz CT molecular complexity index is 180. The molecule has 0 amide bonds. The van der Waals surface area contributed by atoms with Crippen LogP contribution in [0.1, 0.15) is 34.6 Å². The Morgan fingerprint density at radius 1 is 1.21 bits per heavy atom. The molecule has 0 aromatic rings. The van der Waals surface area contributed by atoms with Gasteiger partial charge >= 0.3 is 0 Å². The van der Waals surface area contributed by atoms with Gasteiger partial charge in [-0.1, -0.05) is 34.6 Å². The number of rotatable bonds is 6. The first kappa shape index (κ1) is 14.0. The molecule has 0 spiro atoms. The van der Waals surface area contributed by atoms with Gasteiger partial charge in [0.25, 0.3) is 0 Å². The van der Waals surface area contributed by atoms with Gasteiger partial charge < -0.3 is 5.32 Å². The first-order valence-electron chi connectivity index (χ1n) is 5.30. The third-order valence-electron chi connectivity index (χ3n) is 2.25. The maximum Gasteiger partial charge on any atom is 0.152 e. The fourth-order valence-corrected chi connectivity index (χ4v) is 1.56. The van der Waals surface area contributed by atoms with Crippen molar-refractivity contribution in [2.75, 3.05) is 5.75 Å². The van der Waals surface area contributed by atoms with Crippen molar-refractivity contribution < 1.29 is 4.79 Å². The predicted octanol–water partition coefficient (Wildman–Crippen LogP) is 2.14. The summed E-state index contributed by atoms with van der Waals surface area (Å²) in [6.07, 6.45) is 0. The Morgan fingerprint density at radius 2 is 1.71 bits per heavy atom. The summed E-state index contributed by atoms with van der Waals surface area (Å²) in [5, 5.41) is 3.31. The minimum Gasteiger partial charge on any atom is -0.305 e. The molecule has 0 heterocycles. The maximum atomic E-state index is 11.9. The van der Waals surface area contributed by atoms with Gasteiger partial charge in [-0.25, -0.2) is 0 Å². The molecule has 0 saturated heterocycles. The second-order valence-corrected chi connectivity index (χ2v) is 4.88. The third kappa shape index (κ3) is 4.47. The lowest BCUT2D eigenvalue weighted by Crippen LogP contribution is -2.47. The normalized spacial score (nSPS) is 16.0. The molecule has 0 saturated carbocycles. The standard InChI is InChI=1S/C11H23NOS/c1-7(2)11(13)10(9(5)6-14)12-8(3)4/h7-10,12,14H,6H2,1-5H3. The lowest BCUT2D eigenvalue weighted by Gasteiger charge is -2.26. The lowest BCUT2D eigenvalue weighted by molar-refractivity contribution is -0.125. The second-order valence-electron chi connectivity index (χ2n) is 4.52. The molecule has 2 unspecified atom stereocenters. The first-order chi connectivity index (χ1) is 6.40. The number of carbonyl (C=O) groups is 1. The zero-order chi connectivity index (χ0) is 11.3. The molecule has 3 heteroatoms. The van der Waals surface area contributed by atoms with Gasteiger partial charge in [0.05, 0.1) is 6.04 Å². The average molecular weight is 217 g/mol. The molecular formula is C11H23NOS. The second kappa shape index (κ2) is 6.46. The number of carbonyl (C=O) groups excluding carboxylic acids is 1. The molecule has 0 aromatic heterocycles. The monoisotopic (exact) mass is 217 g/mol. The zero-order valence-corrected chi connectivity index (χ0v) is 10.8. The van der Waals surface area contributed by atoms with E-state index < -0.39 is 0 Å². The van der Waals surface area contributed by atoms with Crippen LogP contribution in [0.25, 0.3) is 0 Å². The molecule has 14 heavy (non-hydrogen) atoms. The van der Waals surface area contributed by atoms with Gasteiger partial charge in [0.2, 0.25) is 0 Å². The van der Waals surface area contributed by atoms with E-state index in [0.717, 1.165) is 5.75 Å². The molecule has 0 aromatic carbocycles. The van der Waals surface area contributed by atoms with E-state index in [-0.39, 0.29) is 17.9 Å². The van der Waals surface area contributed by atoms with E-state index in [0.29, 0.717) is 11.8 Å². The smallest absolute Gasteiger partial charge is 0.152 e. The van der Waals surface area contributed by atoms with Gasteiger partial charge in [0, 0.05) is 12.0 Å². The number of Topliss-reactive ketones (excluding diaryl/α,β-unsaturated/α-hetero) is 1. The molecule has 0 aliphatic rings. The number of nitrogens with one attached hydrogen (secondary N) is 1. The molecular weight excluding hydrogens is 194 g/mol. The summed E-state index contributed by atoms with van der Waals surface area (Å²) in [5.74, 6) is 1.41. The van der Waals surface area contributed by atoms with E-state index >= 15 is 0 Å². The van der Waals surface area contributed by atoms with Crippen LogP contribution in [-0.4, -0.2) is 23.6 Å². The van der Waals surface area contributed by atoms with E-state index in [4.69, 9.17) is 0 Å². The Morgan fingerprint density at radius 3 is 2.00 bits per heavy atom. The van der Waals surface area contributed by atoms with Crippen molar-refractivity contribution in [3.05, 3.63) is 0 Å². The third-order valence-corrected chi connectivity index (χ3v) is 2.82. The van der Waals surface area contributed by atoms with Crippen molar-refractivity contribution in [2.24, 2.45) is 11.8 Å². The van der Waals surface area contributed by atoms with Crippen LogP contribution >= 0.6 is 12.6 Å². The van der Waals surface area contributed by atoms with Crippen LogP contribution in [0, 0.1) is 11.8 Å². The van der Waals surface area contributed by atoms with Crippen molar-refractivity contribution in [1.82, 2.24) is 5.32 Å². The SMILES string of the molecule is CC(C)NC(C(=O)C(C)C)C(C)CS. The molecule has 0 bridgehead atoms. The minimum absolute atomic E-state index is 0.0486. The molecule has 2 nitrogen and oxygen atoms in total. The summed E-state index contributed by atoms with van der Waals surface area (Å²) in [7, 11) is 0. The Kier molecular flexibility index (Phi) is 6.45. The lowest BCUT2D eigenvalue weighted by atomic mass is 9.92. The minimum atomic E-state index is -0.0486. The van der Waals surface area contributed by atoms with Crippen molar-refractivity contribution in [2.45, 2.75) is 46.7 Å². The quantitative estimate of drug-likeness (QED) is 0.668. The zero-order valence-electron chi connectivity index (χ0n) is 9.87. The molecule has 0 aliphatic carbocycles. The number of thiol groups is 1. The highest BCUT2D eigenvalue weighted by atomic mass is 32.1. The topological polar surface area (TPSA) is 29.1 Å². The Balaban J connectivity index is 4.46. The molecule has 0 aliphatic heterocycles. The van der Waals surface area contributed by atoms with Gasteiger partial charge in [0.15, 0.2) is 5.78 Å². The molecule has 2 atom stereocenters. The fraction of sp³-hybridized carbons (Fsp3) is 0.909. The predicted molar refractivity (Wildman–Crippen MR) is 64.9 cm³/mol. The largest absolute Gasteiger partial charge is 0.305 e. The van der Waals surface area contributed by atoms with Crippen LogP contribution in [0.4, 0.5) is 0 Å². The van der Waals surface area contributed by atoms with Gasteiger partial charge in [-0.2, -0.15) is 12.6 Å². The number of ketones is 1. The highest BCUT2D eigenvalue weighted by Gasteiger charge is 2.26. The van der Waals surface area contributed by atoms with Crippen molar-refractivity contribution in [3.63, 3.8) is 0 Å². The highest BCUT2D eigenvalue weighted by Crippen LogP contribution is 2.11. The van der Waals surface area contributed by atoms with Crippen LogP contribution < -0.4 is 5.32 Å². The first-order valence-corrected chi connectivity index (χ1v) is 5.94. The van der Waals surface area contributed by atoms with E-state index in [1.165, 1.54) is 0 Å². The Labute approximate surface area is 93.3 Å². The maximum absolute atomic E-state index is 11.9. The van der Waals surface area contributed by atoms with Crippen LogP contribution in [0.15, 0.2) is 0 Å². The van der Waals surface area contributed by atoms with Crippen LogP contribution in [0.3, 0.4) is 0 Å². The molecule has 0 fully saturated rings. The van der Waals surface area contributed by atoms with Gasteiger partial charge in [-0.05, 0) is 11.7 Å². The van der Waals surface area contributed by atoms with Crippen LogP contribution in [0.2, 0.25) is 0 Å². The molecule has 1 N–H and O–H groups in total. The van der Waals surface area contributed by atoms with E-state index in [9.17, 15) is 4.79 Å². The van der Waals surface area contributed by atoms with Crippen LogP contribution in [0.5, 0.6) is 0 Å². The molecule has 0 radical (unpaired) electrons. The summed E-state index contributed by atoms with van der Waals surface area (Å²) in [4.78, 5) is 11.9. The molecule has 0 rings (SSSR count). The summed E-state index contributed by atoms with van der Waals surface area (Å²) in [6.45, 7) is 10.1. The summed E-state index contributed by atoms with van der Waals surface area (Å²) in [6, 6.07) is 0.289. The van der Waals surface area contributed by atoms with E-state index in [1.807, 2.05) is 13.8 Å². The van der Waals surface area contributed by atoms with E-state index in [1.54, 1.807) is 0 Å². The summed E-state index contributed by atoms with van der Waals surface area (Å²) in [5.41, 5.74) is 0. The fourth-order valence-electron chi connectivity index (χ4n) is 1.35. The van der Waals surface area contributed by atoms with Gasteiger partial charge in [-0.3, -0.25) is 4.79 Å². The number of hydrogen-bond acceptors (Lipinski definition) is 3. The molecule has 84 valence electrons. The summed E-state index contributed by atoms with van der Waals surface area (Å²) >= 11 is 4.25. The highest BCUT2D eigenvalue weighted by molar-refractivity contribution is 7.80. The van der Waals surface area contributed by atoms with Crippen LogP contribution in [-0.2, 0) is 4.79 Å². The Hall–Kier alpha value is -0.0200. The average Bonchev–Trinajstić information content (AvgIpc) is 2.11. The summed E-state index contributed by atoms with van der Waals surface area (Å²) < 4.78 is 0. The van der Waals surface area contributed by atoms with Crippen molar-refractivity contribution in [3.8, 4) is 0 Å². The van der Waals surface area contributed by atoms with Crippen molar-refractivity contribution in [1.29, 1.82) is 0 Å². The van der Waals surface area contributed by atoms with Crippen molar-refractivity contribution >= 4 is 18.4 Å². The van der Waals surface area contributed by atoms with E-state index in [2.05, 4.69) is 38.7 Å². The van der Waals surface area contributed by atoms with Gasteiger partial charge in [-0.15, -0.1) is 0 Å². The number of hydrogen-bond donors (Lipinski definition) is 2.